The Morgan fingerprint density at radius 1 is 0.884 bits per heavy atom. The number of ether oxygens (including phenoxy) is 2. The van der Waals surface area contributed by atoms with Gasteiger partial charge in [0.25, 0.3) is 17.6 Å². The van der Waals surface area contributed by atoms with Crippen LogP contribution in [-0.4, -0.2) is 38.0 Å². The number of methoxy groups -OCH3 is 2. The first-order valence-electron chi connectivity index (χ1n) is 13.8. The molecule has 0 bridgehead atoms. The van der Waals surface area contributed by atoms with E-state index in [0.29, 0.717) is 35.6 Å². The number of benzene rings is 4. The normalized spacial score (nSPS) is 14.2. The second kappa shape index (κ2) is 13.1. The first kappa shape index (κ1) is 30.4. The summed E-state index contributed by atoms with van der Waals surface area (Å²) in [5.41, 5.74) is 3.82. The molecule has 1 N–H and O–H groups in total. The zero-order chi connectivity index (χ0) is 30.6. The van der Waals surface area contributed by atoms with Crippen molar-refractivity contribution in [2.24, 2.45) is 0 Å². The smallest absolute Gasteiger partial charge is 0.292 e. The molecule has 0 saturated carbocycles. The number of amides is 3. The first-order valence-corrected chi connectivity index (χ1v) is 14.9. The maximum absolute atomic E-state index is 14.2. The molecular weight excluding hydrogens is 657 g/mol. The Labute approximate surface area is 264 Å². The highest BCUT2D eigenvalue weighted by Crippen LogP contribution is 2.45. The van der Waals surface area contributed by atoms with Crippen molar-refractivity contribution in [1.82, 2.24) is 5.32 Å². The lowest BCUT2D eigenvalue weighted by Crippen LogP contribution is -2.48. The molecule has 5 rings (SSSR count). The van der Waals surface area contributed by atoms with Gasteiger partial charge >= 0.3 is 0 Å². The summed E-state index contributed by atoms with van der Waals surface area (Å²) in [7, 11) is 2.83. The third-order valence-electron chi connectivity index (χ3n) is 7.59. The van der Waals surface area contributed by atoms with Gasteiger partial charge in [-0.05, 0) is 71.0 Å². The zero-order valence-electron chi connectivity index (χ0n) is 24.1. The quantitative estimate of drug-likeness (QED) is 0.172. The van der Waals surface area contributed by atoms with E-state index in [2.05, 4.69) is 27.9 Å². The van der Waals surface area contributed by atoms with Gasteiger partial charge < -0.3 is 19.7 Å². The minimum absolute atomic E-state index is 0.309. The van der Waals surface area contributed by atoms with Crippen LogP contribution in [0.3, 0.4) is 0 Å². The van der Waals surface area contributed by atoms with E-state index >= 15 is 0 Å². The van der Waals surface area contributed by atoms with Crippen LogP contribution in [0.15, 0.2) is 103 Å². The fraction of sp³-hybridized carbons (Fsp3) is 0.206. The van der Waals surface area contributed by atoms with Gasteiger partial charge in [0.2, 0.25) is 5.91 Å². The van der Waals surface area contributed by atoms with Crippen LogP contribution in [0.2, 0.25) is 0 Å². The van der Waals surface area contributed by atoms with Crippen molar-refractivity contribution in [2.75, 3.05) is 24.0 Å². The SMILES string of the molecule is COC1(OC)C(=O)N(Cc2ccccc2)c2ccc(N(C(=O)c3ccccc3I)C(C)C(=O)NCc3ccccc3)cc21. The van der Waals surface area contributed by atoms with Crippen molar-refractivity contribution in [2.45, 2.75) is 31.8 Å². The molecule has 4 aromatic rings. The van der Waals surface area contributed by atoms with Crippen molar-refractivity contribution >= 4 is 51.7 Å². The van der Waals surface area contributed by atoms with Crippen LogP contribution in [0.5, 0.6) is 0 Å². The standard InChI is InChI=1S/C34H32IN3O5/c1-23(31(39)36-21-24-12-6-4-7-13-24)38(32(40)27-16-10-11-17-29(27)35)26-18-19-30-28(20-26)34(42-2,43-3)33(41)37(30)22-25-14-8-5-9-15-25/h4-20,23H,21-22H2,1-3H3,(H,36,39). The van der Waals surface area contributed by atoms with E-state index in [1.165, 1.54) is 19.1 Å². The maximum atomic E-state index is 14.2. The Balaban J connectivity index is 1.56. The van der Waals surface area contributed by atoms with Crippen molar-refractivity contribution in [3.8, 4) is 0 Å². The zero-order valence-corrected chi connectivity index (χ0v) is 26.3. The van der Waals surface area contributed by atoms with Gasteiger partial charge in [0.15, 0.2) is 0 Å². The summed E-state index contributed by atoms with van der Waals surface area (Å²) in [6.45, 7) is 2.32. The molecule has 0 fully saturated rings. The van der Waals surface area contributed by atoms with E-state index in [-0.39, 0.29) is 17.7 Å². The van der Waals surface area contributed by atoms with Crippen LogP contribution in [0.1, 0.15) is 34.0 Å². The topological polar surface area (TPSA) is 88.2 Å². The molecule has 1 unspecified atom stereocenters. The monoisotopic (exact) mass is 689 g/mol. The highest BCUT2D eigenvalue weighted by atomic mass is 127. The van der Waals surface area contributed by atoms with E-state index < -0.39 is 11.8 Å². The number of hydrogen-bond acceptors (Lipinski definition) is 5. The largest absolute Gasteiger partial charge is 0.350 e. The summed E-state index contributed by atoms with van der Waals surface area (Å²) in [5.74, 6) is -2.76. The highest BCUT2D eigenvalue weighted by Gasteiger charge is 2.53. The molecule has 0 aromatic heterocycles. The molecule has 0 aliphatic carbocycles. The van der Waals surface area contributed by atoms with Gasteiger partial charge in [0, 0.05) is 35.6 Å². The number of hydrogen-bond donors (Lipinski definition) is 1. The third kappa shape index (κ3) is 5.93. The lowest BCUT2D eigenvalue weighted by Gasteiger charge is -2.30. The molecule has 1 heterocycles. The van der Waals surface area contributed by atoms with Gasteiger partial charge in [-0.15, -0.1) is 0 Å². The maximum Gasteiger partial charge on any atom is 0.292 e. The predicted molar refractivity (Wildman–Crippen MR) is 173 cm³/mol. The number of fused-ring (bicyclic) bond motifs is 1. The van der Waals surface area contributed by atoms with Crippen LogP contribution < -0.4 is 15.1 Å². The molecular formula is C34H32IN3O5. The fourth-order valence-electron chi connectivity index (χ4n) is 5.31. The summed E-state index contributed by atoms with van der Waals surface area (Å²) in [4.78, 5) is 44.6. The van der Waals surface area contributed by atoms with E-state index in [1.807, 2.05) is 72.8 Å². The summed E-state index contributed by atoms with van der Waals surface area (Å²) < 4.78 is 12.3. The number of rotatable bonds is 10. The Kier molecular flexibility index (Phi) is 9.24. The average Bonchev–Trinajstić information content (AvgIpc) is 3.27. The van der Waals surface area contributed by atoms with Gasteiger partial charge in [0.05, 0.1) is 17.8 Å². The number of nitrogens with one attached hydrogen (secondary N) is 1. The Bertz CT molecular complexity index is 1630. The van der Waals surface area contributed by atoms with E-state index in [1.54, 1.807) is 42.2 Å². The lowest BCUT2D eigenvalue weighted by molar-refractivity contribution is -0.209. The predicted octanol–water partition coefficient (Wildman–Crippen LogP) is 5.64. The third-order valence-corrected chi connectivity index (χ3v) is 8.53. The molecule has 220 valence electrons. The summed E-state index contributed by atoms with van der Waals surface area (Å²) in [6, 6.07) is 30.8. The van der Waals surface area contributed by atoms with Gasteiger partial charge in [-0.2, -0.15) is 0 Å². The van der Waals surface area contributed by atoms with Gasteiger partial charge in [0.1, 0.15) is 6.04 Å². The second-order valence-electron chi connectivity index (χ2n) is 10.1. The van der Waals surface area contributed by atoms with E-state index in [0.717, 1.165) is 14.7 Å². The van der Waals surface area contributed by atoms with Crippen molar-refractivity contribution in [3.63, 3.8) is 0 Å². The number of halogens is 1. The number of nitrogens with zero attached hydrogens (tertiary/aromatic N) is 2. The number of anilines is 2. The molecule has 43 heavy (non-hydrogen) atoms. The van der Waals surface area contributed by atoms with Crippen LogP contribution in [0, 0.1) is 3.57 Å². The molecule has 8 nitrogen and oxygen atoms in total. The number of carbonyl (C=O) groups is 3. The molecule has 3 amide bonds. The van der Waals surface area contributed by atoms with Gasteiger partial charge in [-0.1, -0.05) is 72.8 Å². The summed E-state index contributed by atoms with van der Waals surface area (Å²) >= 11 is 2.12. The first-order chi connectivity index (χ1) is 20.8. The Morgan fingerprint density at radius 2 is 1.49 bits per heavy atom. The molecule has 0 radical (unpaired) electrons. The van der Waals surface area contributed by atoms with Crippen molar-refractivity contribution in [1.29, 1.82) is 0 Å². The Hall–Kier alpha value is -4.06. The van der Waals surface area contributed by atoms with Crippen LogP contribution >= 0.6 is 22.6 Å². The van der Waals surface area contributed by atoms with E-state index in [9.17, 15) is 14.4 Å². The van der Waals surface area contributed by atoms with Crippen molar-refractivity contribution < 1.29 is 23.9 Å². The highest BCUT2D eigenvalue weighted by molar-refractivity contribution is 14.1. The minimum Gasteiger partial charge on any atom is -0.350 e. The average molecular weight is 690 g/mol. The molecule has 1 aliphatic rings. The Morgan fingerprint density at radius 3 is 2.12 bits per heavy atom. The van der Waals surface area contributed by atoms with Crippen LogP contribution in [-0.2, 0) is 37.9 Å². The van der Waals surface area contributed by atoms with Gasteiger partial charge in [-0.25, -0.2) is 0 Å². The molecule has 4 aromatic carbocycles. The van der Waals surface area contributed by atoms with Gasteiger partial charge in [-0.3, -0.25) is 19.3 Å². The van der Waals surface area contributed by atoms with E-state index in [4.69, 9.17) is 9.47 Å². The molecule has 1 atom stereocenters. The number of carbonyl (C=O) groups excluding carboxylic acids is 3. The summed E-state index contributed by atoms with van der Waals surface area (Å²) in [5, 5.41) is 2.96. The van der Waals surface area contributed by atoms with Crippen LogP contribution in [0.4, 0.5) is 11.4 Å². The fourth-order valence-corrected chi connectivity index (χ4v) is 5.93. The summed E-state index contributed by atoms with van der Waals surface area (Å²) in [6.07, 6.45) is 0. The molecule has 0 spiro atoms. The van der Waals surface area contributed by atoms with Crippen molar-refractivity contribution in [3.05, 3.63) is 129 Å². The molecule has 9 heteroatoms. The lowest BCUT2D eigenvalue weighted by atomic mass is 10.0. The molecule has 1 aliphatic heterocycles. The van der Waals surface area contributed by atoms with Crippen LogP contribution in [0.25, 0.3) is 0 Å². The second-order valence-corrected chi connectivity index (χ2v) is 11.3. The molecule has 0 saturated heterocycles. The minimum atomic E-state index is -1.71.